The number of aromatic nitrogens is 1. The number of nitrogens with one attached hydrogen (secondary N) is 2. The molecule has 0 unspecified atom stereocenters. The molecule has 1 saturated heterocycles. The van der Waals surface area contributed by atoms with E-state index in [1.807, 2.05) is 0 Å². The van der Waals surface area contributed by atoms with E-state index in [2.05, 4.69) is 10.3 Å². The molecular weight excluding hydrogens is 299 g/mol. The Balaban J connectivity index is 1.63. The van der Waals surface area contributed by atoms with Gasteiger partial charge in [-0.2, -0.15) is 0 Å². The second kappa shape index (κ2) is 6.75. The molecule has 0 bridgehead atoms. The number of hydrogen-bond donors (Lipinski definition) is 2. The van der Waals surface area contributed by atoms with E-state index in [-0.39, 0.29) is 17.8 Å². The van der Waals surface area contributed by atoms with Crippen LogP contribution < -0.4 is 5.32 Å². The Hall–Kier alpha value is -2.47. The molecule has 0 radical (unpaired) electrons. The largest absolute Gasteiger partial charge is 0.376 e. The molecule has 2 aromatic rings. The number of benzene rings is 1. The van der Waals surface area contributed by atoms with Gasteiger partial charge in [-0.1, -0.05) is 0 Å². The summed E-state index contributed by atoms with van der Waals surface area (Å²) >= 11 is 0. The van der Waals surface area contributed by atoms with Gasteiger partial charge in [0.05, 0.1) is 6.10 Å². The number of hydrogen-bond acceptors (Lipinski definition) is 3. The van der Waals surface area contributed by atoms with E-state index in [1.165, 1.54) is 36.5 Å². The summed E-state index contributed by atoms with van der Waals surface area (Å²) in [5.74, 6) is -0.942. The van der Waals surface area contributed by atoms with Gasteiger partial charge < -0.3 is 15.0 Å². The van der Waals surface area contributed by atoms with Crippen molar-refractivity contribution in [2.24, 2.45) is 0 Å². The molecular formula is C17H17FN2O3. The minimum Gasteiger partial charge on any atom is -0.376 e. The molecule has 2 N–H and O–H groups in total. The average Bonchev–Trinajstić information content (AvgIpc) is 3.24. The Kier molecular flexibility index (Phi) is 4.52. The van der Waals surface area contributed by atoms with E-state index in [1.54, 1.807) is 0 Å². The van der Waals surface area contributed by atoms with Crippen LogP contribution in [0.25, 0.3) is 0 Å². The summed E-state index contributed by atoms with van der Waals surface area (Å²) in [5, 5.41) is 2.78. The maximum atomic E-state index is 12.9. The molecule has 1 aromatic heterocycles. The quantitative estimate of drug-likeness (QED) is 0.832. The van der Waals surface area contributed by atoms with Crippen molar-refractivity contribution in [3.8, 4) is 0 Å². The highest BCUT2D eigenvalue weighted by molar-refractivity contribution is 6.10. The van der Waals surface area contributed by atoms with E-state index in [9.17, 15) is 14.0 Å². The first-order chi connectivity index (χ1) is 11.1. The summed E-state index contributed by atoms with van der Waals surface area (Å²) in [6, 6.07) is 6.80. The molecule has 2 heterocycles. The van der Waals surface area contributed by atoms with Gasteiger partial charge in [0, 0.05) is 30.5 Å². The number of carbonyl (C=O) groups excluding carboxylic acids is 2. The molecule has 120 valence electrons. The van der Waals surface area contributed by atoms with Crippen molar-refractivity contribution >= 4 is 11.7 Å². The molecule has 1 aliphatic heterocycles. The minimum atomic E-state index is -0.398. The fourth-order valence-corrected chi connectivity index (χ4v) is 2.53. The summed E-state index contributed by atoms with van der Waals surface area (Å²) in [6.45, 7) is 1.19. The van der Waals surface area contributed by atoms with E-state index < -0.39 is 5.82 Å². The Labute approximate surface area is 132 Å². The van der Waals surface area contributed by atoms with Gasteiger partial charge in [0.15, 0.2) is 5.78 Å². The van der Waals surface area contributed by atoms with Crippen LogP contribution >= 0.6 is 0 Å². The van der Waals surface area contributed by atoms with Gasteiger partial charge in [-0.3, -0.25) is 9.59 Å². The Morgan fingerprint density at radius 2 is 2.04 bits per heavy atom. The number of ether oxygens (including phenoxy) is 1. The predicted octanol–water partition coefficient (Wildman–Crippen LogP) is 2.29. The van der Waals surface area contributed by atoms with Crippen molar-refractivity contribution in [3.05, 3.63) is 59.2 Å². The van der Waals surface area contributed by atoms with Crippen LogP contribution in [0.3, 0.4) is 0 Å². The van der Waals surface area contributed by atoms with E-state index in [4.69, 9.17) is 4.74 Å². The summed E-state index contributed by atoms with van der Waals surface area (Å²) in [5.41, 5.74) is 1.05. The second-order valence-electron chi connectivity index (χ2n) is 5.48. The molecule has 0 saturated carbocycles. The Morgan fingerprint density at radius 3 is 2.74 bits per heavy atom. The number of rotatable bonds is 5. The Bertz CT molecular complexity index is 703. The van der Waals surface area contributed by atoms with Crippen molar-refractivity contribution in [1.82, 2.24) is 10.3 Å². The molecule has 6 heteroatoms. The number of H-pyrrole nitrogens is 1. The van der Waals surface area contributed by atoms with E-state index in [0.29, 0.717) is 23.4 Å². The molecule has 1 amide bonds. The van der Waals surface area contributed by atoms with Gasteiger partial charge in [0.25, 0.3) is 5.91 Å². The lowest BCUT2D eigenvalue weighted by Gasteiger charge is -2.09. The van der Waals surface area contributed by atoms with Crippen molar-refractivity contribution in [2.45, 2.75) is 18.9 Å². The number of carbonyl (C=O) groups is 2. The summed E-state index contributed by atoms with van der Waals surface area (Å²) in [6.07, 6.45) is 3.50. The van der Waals surface area contributed by atoms with Crippen LogP contribution in [0.1, 0.15) is 39.3 Å². The maximum Gasteiger partial charge on any atom is 0.267 e. The highest BCUT2D eigenvalue weighted by Gasteiger charge is 2.18. The molecule has 5 nitrogen and oxygen atoms in total. The first-order valence-corrected chi connectivity index (χ1v) is 7.52. The SMILES string of the molecule is O=C(c1ccc(F)cc1)c1c[nH]c(C(=O)NC[C@H]2CCCO2)c1. The zero-order chi connectivity index (χ0) is 16.2. The average molecular weight is 316 g/mol. The molecule has 3 rings (SSSR count). The van der Waals surface area contributed by atoms with Crippen LogP contribution in [-0.2, 0) is 4.74 Å². The van der Waals surface area contributed by atoms with Gasteiger partial charge in [-0.15, -0.1) is 0 Å². The highest BCUT2D eigenvalue weighted by atomic mass is 19.1. The molecule has 1 aliphatic rings. The Morgan fingerprint density at radius 1 is 1.26 bits per heavy atom. The molecule has 23 heavy (non-hydrogen) atoms. The third kappa shape index (κ3) is 3.65. The summed E-state index contributed by atoms with van der Waals surface area (Å²) in [4.78, 5) is 27.1. The first-order valence-electron chi connectivity index (χ1n) is 7.52. The smallest absolute Gasteiger partial charge is 0.267 e. The number of amides is 1. The normalized spacial score (nSPS) is 17.2. The van der Waals surface area contributed by atoms with Crippen molar-refractivity contribution in [3.63, 3.8) is 0 Å². The lowest BCUT2D eigenvalue weighted by Crippen LogP contribution is -2.31. The van der Waals surface area contributed by atoms with Crippen molar-refractivity contribution < 1.29 is 18.7 Å². The second-order valence-corrected chi connectivity index (χ2v) is 5.48. The number of halogens is 1. The minimum absolute atomic E-state index is 0.0641. The zero-order valence-electron chi connectivity index (χ0n) is 12.5. The molecule has 1 aromatic carbocycles. The molecule has 1 fully saturated rings. The van der Waals surface area contributed by atoms with Crippen LogP contribution in [0.4, 0.5) is 4.39 Å². The predicted molar refractivity (Wildman–Crippen MR) is 81.9 cm³/mol. The van der Waals surface area contributed by atoms with Gasteiger partial charge in [-0.25, -0.2) is 4.39 Å². The van der Waals surface area contributed by atoms with E-state index >= 15 is 0 Å². The monoisotopic (exact) mass is 316 g/mol. The topological polar surface area (TPSA) is 71.2 Å². The first kappa shape index (κ1) is 15.4. The number of aromatic amines is 1. The van der Waals surface area contributed by atoms with Crippen LogP contribution in [0, 0.1) is 5.82 Å². The van der Waals surface area contributed by atoms with Gasteiger partial charge in [0.2, 0.25) is 0 Å². The van der Waals surface area contributed by atoms with Gasteiger partial charge >= 0.3 is 0 Å². The third-order valence-corrected chi connectivity index (χ3v) is 3.81. The summed E-state index contributed by atoms with van der Waals surface area (Å²) < 4.78 is 18.3. The van der Waals surface area contributed by atoms with Gasteiger partial charge in [-0.05, 0) is 43.2 Å². The number of ketones is 1. The van der Waals surface area contributed by atoms with Gasteiger partial charge in [0.1, 0.15) is 11.5 Å². The lowest BCUT2D eigenvalue weighted by atomic mass is 10.1. The maximum absolute atomic E-state index is 12.9. The fourth-order valence-electron chi connectivity index (χ4n) is 2.53. The van der Waals surface area contributed by atoms with Crippen LogP contribution in [0.5, 0.6) is 0 Å². The van der Waals surface area contributed by atoms with Crippen molar-refractivity contribution in [2.75, 3.05) is 13.2 Å². The molecule has 0 spiro atoms. The van der Waals surface area contributed by atoms with Crippen LogP contribution in [-0.4, -0.2) is 35.9 Å². The third-order valence-electron chi connectivity index (χ3n) is 3.81. The molecule has 1 atom stereocenters. The van der Waals surface area contributed by atoms with Crippen molar-refractivity contribution in [1.29, 1.82) is 0 Å². The lowest BCUT2D eigenvalue weighted by molar-refractivity contribution is 0.0854. The molecule has 0 aliphatic carbocycles. The highest BCUT2D eigenvalue weighted by Crippen LogP contribution is 2.13. The van der Waals surface area contributed by atoms with Crippen LogP contribution in [0.15, 0.2) is 36.5 Å². The fraction of sp³-hybridized carbons (Fsp3) is 0.294. The van der Waals surface area contributed by atoms with Crippen LogP contribution in [0.2, 0.25) is 0 Å². The zero-order valence-corrected chi connectivity index (χ0v) is 12.5. The standard InChI is InChI=1S/C17H17FN2O3/c18-13-5-3-11(4-6-13)16(21)12-8-15(19-9-12)17(22)20-10-14-2-1-7-23-14/h3-6,8-9,14,19H,1-2,7,10H2,(H,20,22)/t14-/m1/s1. The summed E-state index contributed by atoms with van der Waals surface area (Å²) in [7, 11) is 0. The van der Waals surface area contributed by atoms with E-state index in [0.717, 1.165) is 19.4 Å².